The molecule has 1 N–H and O–H groups in total. The van der Waals surface area contributed by atoms with Gasteiger partial charge < -0.3 is 24.4 Å². The van der Waals surface area contributed by atoms with Gasteiger partial charge in [-0.15, -0.1) is 0 Å². The Hall–Kier alpha value is -4.16. The number of nitrogens with zero attached hydrogens (tertiary/aromatic N) is 2. The average Bonchev–Trinajstić information content (AvgIpc) is 3.66. The normalized spacial score (nSPS) is 13.7. The van der Waals surface area contributed by atoms with E-state index >= 15 is 0 Å². The van der Waals surface area contributed by atoms with Gasteiger partial charge in [0, 0.05) is 30.1 Å². The molecule has 2 amide bonds. The van der Waals surface area contributed by atoms with Gasteiger partial charge in [0.1, 0.15) is 18.3 Å². The van der Waals surface area contributed by atoms with Crippen molar-refractivity contribution in [2.45, 2.75) is 55.6 Å². The molecule has 0 spiro atoms. The topological polar surface area (TPSA) is 114 Å². The van der Waals surface area contributed by atoms with E-state index in [0.717, 1.165) is 35.6 Å². The summed E-state index contributed by atoms with van der Waals surface area (Å²) in [6.07, 6.45) is 3.80. The van der Waals surface area contributed by atoms with Crippen LogP contribution in [0.25, 0.3) is 0 Å². The lowest BCUT2D eigenvalue weighted by Gasteiger charge is -2.34. The van der Waals surface area contributed by atoms with Gasteiger partial charge in [0.15, 0.2) is 11.5 Å². The molecule has 5 rings (SSSR count). The summed E-state index contributed by atoms with van der Waals surface area (Å²) < 4.78 is 46.5. The second-order valence-electron chi connectivity index (χ2n) is 12.3. The van der Waals surface area contributed by atoms with Gasteiger partial charge in [0.2, 0.25) is 11.8 Å². The number of carbonyl (C=O) groups excluding carboxylic acids is 2. The Morgan fingerprint density at radius 1 is 0.788 bits per heavy atom. The van der Waals surface area contributed by atoms with E-state index in [4.69, 9.17) is 49.0 Å². The predicted octanol–water partition coefficient (Wildman–Crippen LogP) is 7.57. The molecule has 0 unspecified atom stereocenters. The number of carbonyl (C=O) groups is 2. The highest BCUT2D eigenvalue weighted by Gasteiger charge is 2.37. The second-order valence-corrected chi connectivity index (χ2v) is 15.4. The Labute approximate surface area is 319 Å². The number of methoxy groups -OCH3 is 3. The highest BCUT2D eigenvalue weighted by atomic mass is 35.5. The lowest BCUT2D eigenvalue weighted by atomic mass is 10.0. The lowest BCUT2D eigenvalue weighted by Crippen LogP contribution is -2.54. The molecule has 1 aliphatic rings. The van der Waals surface area contributed by atoms with Gasteiger partial charge in [-0.3, -0.25) is 13.9 Å². The molecule has 10 nitrogen and oxygen atoms in total. The number of ether oxygens (including phenoxy) is 3. The highest BCUT2D eigenvalue weighted by molar-refractivity contribution is 7.92. The van der Waals surface area contributed by atoms with Crippen LogP contribution < -0.4 is 23.8 Å². The van der Waals surface area contributed by atoms with Gasteiger partial charge in [0.05, 0.1) is 42.0 Å². The Morgan fingerprint density at radius 2 is 1.46 bits per heavy atom. The van der Waals surface area contributed by atoms with Crippen molar-refractivity contribution >= 4 is 62.3 Å². The summed E-state index contributed by atoms with van der Waals surface area (Å²) in [5.74, 6) is -0.384. The summed E-state index contributed by atoms with van der Waals surface area (Å²) in [6.45, 7) is -0.807. The third kappa shape index (κ3) is 9.25. The molecule has 4 aromatic rings. The van der Waals surface area contributed by atoms with Crippen molar-refractivity contribution in [1.82, 2.24) is 10.2 Å². The predicted molar refractivity (Wildman–Crippen MR) is 203 cm³/mol. The van der Waals surface area contributed by atoms with Crippen molar-refractivity contribution in [3.63, 3.8) is 0 Å². The van der Waals surface area contributed by atoms with Crippen LogP contribution in [0.15, 0.2) is 89.8 Å². The minimum Gasteiger partial charge on any atom is -0.495 e. The molecule has 14 heteroatoms. The van der Waals surface area contributed by atoms with E-state index in [1.165, 1.54) is 56.6 Å². The van der Waals surface area contributed by atoms with Crippen molar-refractivity contribution in [3.8, 4) is 17.2 Å². The van der Waals surface area contributed by atoms with Crippen LogP contribution in [-0.2, 0) is 32.6 Å². The number of rotatable bonds is 15. The van der Waals surface area contributed by atoms with Gasteiger partial charge in [0.25, 0.3) is 10.0 Å². The minimum atomic E-state index is -4.53. The third-order valence-electron chi connectivity index (χ3n) is 8.94. The molecule has 1 aliphatic carbocycles. The van der Waals surface area contributed by atoms with E-state index in [9.17, 15) is 18.0 Å². The molecule has 1 atom stereocenters. The zero-order valence-electron chi connectivity index (χ0n) is 29.0. The molecule has 0 bridgehead atoms. The van der Waals surface area contributed by atoms with Crippen molar-refractivity contribution in [2.75, 3.05) is 32.2 Å². The van der Waals surface area contributed by atoms with E-state index in [-0.39, 0.29) is 57.0 Å². The van der Waals surface area contributed by atoms with Crippen molar-refractivity contribution in [1.29, 1.82) is 0 Å². The molecule has 52 heavy (non-hydrogen) atoms. The monoisotopic (exact) mass is 787 g/mol. The van der Waals surface area contributed by atoms with E-state index in [2.05, 4.69) is 5.32 Å². The fourth-order valence-corrected chi connectivity index (χ4v) is 8.15. The number of sulfonamides is 1. The maximum absolute atomic E-state index is 14.9. The first kappa shape index (κ1) is 39.1. The number of halogens is 3. The number of hydrogen-bond donors (Lipinski definition) is 1. The van der Waals surface area contributed by atoms with Gasteiger partial charge in [-0.1, -0.05) is 84.0 Å². The first-order chi connectivity index (χ1) is 24.9. The standard InChI is InChI=1S/C38H40Cl3N3O7S/c1-49-34-17-14-27(39)21-32(34)44(52(47,48)29-15-18-35(50-2)36(22-29)51-3)24-37(45)43(23-26-13-16-30(40)31(41)19-26)33(20-25-9-5-4-6-10-25)38(46)42-28-11-7-8-12-28/h4-6,9-10,13-19,21-22,28,33H,7-8,11-12,20,23-24H2,1-3H3,(H,42,46)/t33-/m0/s1. The molecule has 1 saturated carbocycles. The highest BCUT2D eigenvalue weighted by Crippen LogP contribution is 2.37. The first-order valence-corrected chi connectivity index (χ1v) is 19.2. The molecule has 0 radical (unpaired) electrons. The molecule has 4 aromatic carbocycles. The van der Waals surface area contributed by atoms with Crippen molar-refractivity contribution in [2.24, 2.45) is 0 Å². The maximum atomic E-state index is 14.9. The SMILES string of the molecule is COc1ccc(S(=O)(=O)N(CC(=O)N(Cc2ccc(Cl)c(Cl)c2)[C@@H](Cc2ccccc2)C(=O)NC2CCCC2)c2cc(Cl)ccc2OC)cc1OC. The van der Waals surface area contributed by atoms with Crippen LogP contribution in [0.2, 0.25) is 15.1 Å². The number of hydrogen-bond acceptors (Lipinski definition) is 7. The Balaban J connectivity index is 1.64. The quantitative estimate of drug-likeness (QED) is 0.132. The van der Waals surface area contributed by atoms with Crippen molar-refractivity contribution < 1.29 is 32.2 Å². The fourth-order valence-electron chi connectivity index (χ4n) is 6.23. The number of benzene rings is 4. The van der Waals surface area contributed by atoms with Crippen LogP contribution in [-0.4, -0.2) is 65.1 Å². The van der Waals surface area contributed by atoms with Crippen LogP contribution in [0.4, 0.5) is 5.69 Å². The van der Waals surface area contributed by atoms with Crippen LogP contribution >= 0.6 is 34.8 Å². The molecule has 276 valence electrons. The van der Waals surface area contributed by atoms with Gasteiger partial charge in [-0.05, 0) is 66.4 Å². The van der Waals surface area contributed by atoms with Crippen LogP contribution in [0.3, 0.4) is 0 Å². The molecule has 0 aromatic heterocycles. The molecular weight excluding hydrogens is 749 g/mol. The minimum absolute atomic E-state index is 0.0163. The summed E-state index contributed by atoms with van der Waals surface area (Å²) in [4.78, 5) is 30.4. The van der Waals surface area contributed by atoms with E-state index in [1.807, 2.05) is 30.3 Å². The number of nitrogens with one attached hydrogen (secondary N) is 1. The Morgan fingerprint density at radius 3 is 2.12 bits per heavy atom. The van der Waals surface area contributed by atoms with Gasteiger partial charge >= 0.3 is 0 Å². The lowest BCUT2D eigenvalue weighted by molar-refractivity contribution is -0.140. The second kappa shape index (κ2) is 17.6. The molecular formula is C38H40Cl3N3O7S. The van der Waals surface area contributed by atoms with E-state index in [0.29, 0.717) is 16.3 Å². The van der Waals surface area contributed by atoms with E-state index in [1.54, 1.807) is 24.3 Å². The molecule has 0 heterocycles. The summed E-state index contributed by atoms with van der Waals surface area (Å²) in [7, 11) is -0.317. The summed E-state index contributed by atoms with van der Waals surface area (Å²) in [5, 5.41) is 3.95. The average molecular weight is 789 g/mol. The molecule has 0 saturated heterocycles. The zero-order chi connectivity index (χ0) is 37.4. The third-order valence-corrected chi connectivity index (χ3v) is 11.7. The smallest absolute Gasteiger partial charge is 0.265 e. The van der Waals surface area contributed by atoms with E-state index < -0.39 is 28.5 Å². The fraction of sp³-hybridized carbons (Fsp3) is 0.316. The Kier molecular flexibility index (Phi) is 13.2. The van der Waals surface area contributed by atoms with Crippen molar-refractivity contribution in [3.05, 3.63) is 111 Å². The van der Waals surface area contributed by atoms with Crippen LogP contribution in [0, 0.1) is 0 Å². The summed E-state index contributed by atoms with van der Waals surface area (Å²) >= 11 is 19.0. The van der Waals surface area contributed by atoms with Crippen LogP contribution in [0.5, 0.6) is 17.2 Å². The van der Waals surface area contributed by atoms with Gasteiger partial charge in [-0.25, -0.2) is 8.42 Å². The zero-order valence-corrected chi connectivity index (χ0v) is 32.1. The molecule has 0 aliphatic heterocycles. The summed E-state index contributed by atoms with van der Waals surface area (Å²) in [5.41, 5.74) is 1.42. The van der Waals surface area contributed by atoms with Gasteiger partial charge in [-0.2, -0.15) is 0 Å². The van der Waals surface area contributed by atoms with Crippen LogP contribution in [0.1, 0.15) is 36.8 Å². The Bertz CT molecular complexity index is 1990. The maximum Gasteiger partial charge on any atom is 0.265 e. The molecule has 1 fully saturated rings. The summed E-state index contributed by atoms with van der Waals surface area (Å²) in [6, 6.07) is 21.8. The first-order valence-electron chi connectivity index (χ1n) is 16.6. The number of amides is 2. The number of anilines is 1. The largest absolute Gasteiger partial charge is 0.495 e.